The van der Waals surface area contributed by atoms with Gasteiger partial charge in [0.2, 0.25) is 5.91 Å². The predicted octanol–water partition coefficient (Wildman–Crippen LogP) is 2.43. The van der Waals surface area contributed by atoms with Crippen molar-refractivity contribution in [2.45, 2.75) is 19.2 Å². The largest absolute Gasteiger partial charge is 0.325 e. The Bertz CT molecular complexity index is 421. The topological polar surface area (TPSA) is 52.9 Å². The number of nitriles is 1. The fourth-order valence-corrected chi connectivity index (χ4v) is 1.11. The number of amides is 1. The first-order valence-corrected chi connectivity index (χ1v) is 4.94. The van der Waals surface area contributed by atoms with Crippen LogP contribution in [0.2, 0.25) is 0 Å². The third kappa shape index (κ3) is 2.97. The second-order valence-electron chi connectivity index (χ2n) is 3.25. The van der Waals surface area contributed by atoms with Crippen LogP contribution < -0.4 is 5.32 Å². The molecule has 0 bridgehead atoms. The number of nitrogens with zero attached hydrogens (tertiary/aromatic N) is 1. The number of aryl methyl sites for hydroxylation is 1. The number of hydrogen-bond donors (Lipinski definition) is 1. The van der Waals surface area contributed by atoms with Crippen LogP contribution in [-0.2, 0) is 4.79 Å². The first-order chi connectivity index (χ1) is 7.04. The minimum Gasteiger partial charge on any atom is -0.325 e. The maximum Gasteiger partial charge on any atom is 0.242 e. The number of rotatable bonds is 2. The fourth-order valence-electron chi connectivity index (χ4n) is 1.06. The number of halogens is 1. The van der Waals surface area contributed by atoms with Gasteiger partial charge in [0.05, 0.1) is 11.6 Å². The molecule has 1 aromatic rings. The van der Waals surface area contributed by atoms with Gasteiger partial charge in [0.1, 0.15) is 5.38 Å². The van der Waals surface area contributed by atoms with E-state index < -0.39 is 5.38 Å². The Morgan fingerprint density at radius 1 is 1.60 bits per heavy atom. The zero-order valence-corrected chi connectivity index (χ0v) is 9.30. The summed E-state index contributed by atoms with van der Waals surface area (Å²) in [6.45, 7) is 3.45. The molecule has 1 aromatic carbocycles. The van der Waals surface area contributed by atoms with Gasteiger partial charge in [0, 0.05) is 5.69 Å². The molecule has 0 radical (unpaired) electrons. The van der Waals surface area contributed by atoms with E-state index in [0.717, 1.165) is 5.56 Å². The predicted molar refractivity (Wildman–Crippen MR) is 59.8 cm³/mol. The molecule has 15 heavy (non-hydrogen) atoms. The van der Waals surface area contributed by atoms with Gasteiger partial charge in [-0.25, -0.2) is 0 Å². The van der Waals surface area contributed by atoms with Crippen molar-refractivity contribution in [2.24, 2.45) is 0 Å². The van der Waals surface area contributed by atoms with Gasteiger partial charge in [0.15, 0.2) is 0 Å². The summed E-state index contributed by atoms with van der Waals surface area (Å²) in [5.41, 5.74) is 2.05. The minimum atomic E-state index is -0.588. The Kier molecular flexibility index (Phi) is 3.70. The van der Waals surface area contributed by atoms with Crippen molar-refractivity contribution >= 4 is 23.2 Å². The molecule has 1 N–H and O–H groups in total. The van der Waals surface area contributed by atoms with Crippen LogP contribution in [0, 0.1) is 18.3 Å². The van der Waals surface area contributed by atoms with Crippen molar-refractivity contribution < 1.29 is 4.79 Å². The molecule has 0 saturated carbocycles. The molecule has 0 saturated heterocycles. The molecule has 0 heterocycles. The highest BCUT2D eigenvalue weighted by Crippen LogP contribution is 2.17. The molecule has 78 valence electrons. The van der Waals surface area contributed by atoms with Crippen LogP contribution >= 0.6 is 11.6 Å². The Labute approximate surface area is 93.7 Å². The number of carbonyl (C=O) groups is 1. The van der Waals surface area contributed by atoms with E-state index in [4.69, 9.17) is 16.9 Å². The molecular formula is C11H11ClN2O. The lowest BCUT2D eigenvalue weighted by Crippen LogP contribution is -2.20. The lowest BCUT2D eigenvalue weighted by Gasteiger charge is -2.09. The average Bonchev–Trinajstić information content (AvgIpc) is 2.21. The van der Waals surface area contributed by atoms with Gasteiger partial charge in [-0.2, -0.15) is 5.26 Å². The van der Waals surface area contributed by atoms with E-state index in [1.54, 1.807) is 25.1 Å². The number of hydrogen-bond acceptors (Lipinski definition) is 2. The molecule has 1 amide bonds. The Morgan fingerprint density at radius 3 is 2.80 bits per heavy atom. The van der Waals surface area contributed by atoms with E-state index in [9.17, 15) is 4.79 Å². The molecule has 0 aromatic heterocycles. The van der Waals surface area contributed by atoms with Gasteiger partial charge in [-0.05, 0) is 31.5 Å². The maximum absolute atomic E-state index is 11.3. The second-order valence-corrected chi connectivity index (χ2v) is 3.90. The summed E-state index contributed by atoms with van der Waals surface area (Å²) in [6, 6.07) is 7.13. The van der Waals surface area contributed by atoms with Crippen LogP contribution in [-0.4, -0.2) is 11.3 Å². The molecule has 0 aliphatic heterocycles. The number of carbonyl (C=O) groups excluding carboxylic acids is 1. The summed E-state index contributed by atoms with van der Waals surface area (Å²) in [4.78, 5) is 11.3. The van der Waals surface area contributed by atoms with Crippen LogP contribution in [0.4, 0.5) is 5.69 Å². The Morgan fingerprint density at radius 2 is 2.27 bits per heavy atom. The van der Waals surface area contributed by atoms with Crippen LogP contribution in [0.3, 0.4) is 0 Å². The van der Waals surface area contributed by atoms with Gasteiger partial charge in [-0.1, -0.05) is 6.07 Å². The molecule has 0 spiro atoms. The van der Waals surface area contributed by atoms with E-state index in [2.05, 4.69) is 5.32 Å². The van der Waals surface area contributed by atoms with E-state index in [1.165, 1.54) is 0 Å². The monoisotopic (exact) mass is 222 g/mol. The van der Waals surface area contributed by atoms with Crippen LogP contribution in [0.5, 0.6) is 0 Å². The molecule has 4 heteroatoms. The van der Waals surface area contributed by atoms with Gasteiger partial charge >= 0.3 is 0 Å². The summed E-state index contributed by atoms with van der Waals surface area (Å²) in [5.74, 6) is -0.269. The molecule has 1 atom stereocenters. The fraction of sp³-hybridized carbons (Fsp3) is 0.273. The molecule has 0 aliphatic rings. The van der Waals surface area contributed by atoms with Crippen molar-refractivity contribution in [1.29, 1.82) is 5.26 Å². The highest BCUT2D eigenvalue weighted by atomic mass is 35.5. The van der Waals surface area contributed by atoms with Gasteiger partial charge < -0.3 is 5.32 Å². The number of anilines is 1. The summed E-state index contributed by atoms with van der Waals surface area (Å²) in [6.07, 6.45) is 0. The standard InChI is InChI=1S/C11H11ClN2O/c1-7-3-4-9(6-13)5-10(7)14-11(15)8(2)12/h3-5,8H,1-2H3,(H,14,15). The van der Waals surface area contributed by atoms with Crippen molar-refractivity contribution in [3.63, 3.8) is 0 Å². The zero-order chi connectivity index (χ0) is 11.4. The maximum atomic E-state index is 11.3. The van der Waals surface area contributed by atoms with Crippen molar-refractivity contribution in [2.75, 3.05) is 5.32 Å². The van der Waals surface area contributed by atoms with E-state index >= 15 is 0 Å². The van der Waals surface area contributed by atoms with Crippen molar-refractivity contribution in [3.05, 3.63) is 29.3 Å². The normalized spacial score (nSPS) is 11.6. The third-order valence-corrected chi connectivity index (χ3v) is 2.18. The molecule has 1 rings (SSSR count). The third-order valence-electron chi connectivity index (χ3n) is 1.99. The first kappa shape index (κ1) is 11.5. The number of nitrogens with one attached hydrogen (secondary N) is 1. The molecule has 0 aliphatic carbocycles. The van der Waals surface area contributed by atoms with E-state index in [0.29, 0.717) is 11.3 Å². The molecule has 0 fully saturated rings. The number of benzene rings is 1. The summed E-state index contributed by atoms with van der Waals surface area (Å²) < 4.78 is 0. The quantitative estimate of drug-likeness (QED) is 0.782. The lowest BCUT2D eigenvalue weighted by molar-refractivity contribution is -0.115. The van der Waals surface area contributed by atoms with Gasteiger partial charge in [-0.15, -0.1) is 11.6 Å². The van der Waals surface area contributed by atoms with Crippen molar-refractivity contribution in [1.82, 2.24) is 0 Å². The average molecular weight is 223 g/mol. The number of alkyl halides is 1. The summed E-state index contributed by atoms with van der Waals surface area (Å²) in [5, 5.41) is 10.8. The Hall–Kier alpha value is -1.53. The van der Waals surface area contributed by atoms with E-state index in [1.807, 2.05) is 13.0 Å². The Balaban J connectivity index is 2.94. The molecule has 3 nitrogen and oxygen atoms in total. The summed E-state index contributed by atoms with van der Waals surface area (Å²) in [7, 11) is 0. The summed E-state index contributed by atoms with van der Waals surface area (Å²) >= 11 is 5.63. The lowest BCUT2D eigenvalue weighted by atomic mass is 10.1. The highest BCUT2D eigenvalue weighted by molar-refractivity contribution is 6.32. The highest BCUT2D eigenvalue weighted by Gasteiger charge is 2.10. The first-order valence-electron chi connectivity index (χ1n) is 4.50. The smallest absolute Gasteiger partial charge is 0.242 e. The van der Waals surface area contributed by atoms with E-state index in [-0.39, 0.29) is 5.91 Å². The van der Waals surface area contributed by atoms with Crippen LogP contribution in [0.25, 0.3) is 0 Å². The zero-order valence-electron chi connectivity index (χ0n) is 8.54. The molecular weight excluding hydrogens is 212 g/mol. The van der Waals surface area contributed by atoms with Crippen LogP contribution in [0.1, 0.15) is 18.1 Å². The van der Waals surface area contributed by atoms with Gasteiger partial charge in [0.25, 0.3) is 0 Å². The molecule has 1 unspecified atom stereocenters. The SMILES string of the molecule is Cc1ccc(C#N)cc1NC(=O)C(C)Cl. The van der Waals surface area contributed by atoms with Crippen LogP contribution in [0.15, 0.2) is 18.2 Å². The van der Waals surface area contributed by atoms with Crippen molar-refractivity contribution in [3.8, 4) is 6.07 Å². The van der Waals surface area contributed by atoms with Gasteiger partial charge in [-0.3, -0.25) is 4.79 Å². The second kappa shape index (κ2) is 4.81. The minimum absolute atomic E-state index is 0.269.